The normalized spacial score (nSPS) is 11.5. The highest BCUT2D eigenvalue weighted by Crippen LogP contribution is 2.19. The fraction of sp³-hybridized carbons (Fsp3) is 0.308. The number of ether oxygens (including phenoxy) is 1. The van der Waals surface area contributed by atoms with Gasteiger partial charge in [-0.25, -0.2) is 13.1 Å². The molecule has 114 valence electrons. The smallest absolute Gasteiger partial charge is 0.215 e. The van der Waals surface area contributed by atoms with Crippen LogP contribution in [0.4, 0.5) is 5.69 Å². The van der Waals surface area contributed by atoms with Gasteiger partial charge in [0, 0.05) is 17.8 Å². The van der Waals surface area contributed by atoms with Crippen LogP contribution >= 0.6 is 0 Å². The van der Waals surface area contributed by atoms with Crippen LogP contribution in [-0.2, 0) is 16.6 Å². The highest BCUT2D eigenvalue weighted by molar-refractivity contribution is 7.89. The van der Waals surface area contributed by atoms with Crippen molar-refractivity contribution >= 4 is 15.7 Å². The first-order valence-electron chi connectivity index (χ1n) is 6.41. The minimum absolute atomic E-state index is 0.0356. The fourth-order valence-corrected chi connectivity index (χ4v) is 2.51. The quantitative estimate of drug-likeness (QED) is 0.655. The van der Waals surface area contributed by atoms with E-state index in [0.29, 0.717) is 11.4 Å². The lowest BCUT2D eigenvalue weighted by atomic mass is 10.3. The highest BCUT2D eigenvalue weighted by atomic mass is 32.2. The maximum Gasteiger partial charge on any atom is 0.215 e. The zero-order valence-electron chi connectivity index (χ0n) is 11.7. The predicted molar refractivity (Wildman–Crippen MR) is 80.3 cm³/mol. The second kappa shape index (κ2) is 6.59. The van der Waals surface area contributed by atoms with Crippen molar-refractivity contribution in [1.82, 2.24) is 14.9 Å². The number of hydrogen-bond donors (Lipinski definition) is 3. The van der Waals surface area contributed by atoms with Crippen molar-refractivity contribution in [3.05, 3.63) is 41.7 Å². The fourth-order valence-electron chi connectivity index (χ4n) is 1.69. The van der Waals surface area contributed by atoms with E-state index in [9.17, 15) is 8.42 Å². The molecule has 0 amide bonds. The number of para-hydroxylation sites is 2. The van der Waals surface area contributed by atoms with E-state index in [-0.39, 0.29) is 18.9 Å². The van der Waals surface area contributed by atoms with Gasteiger partial charge in [-0.2, -0.15) is 5.10 Å². The Morgan fingerprint density at radius 1 is 1.38 bits per heavy atom. The number of nitrogens with zero attached hydrogens (tertiary/aromatic N) is 1. The number of hydrogen-bond acceptors (Lipinski definition) is 5. The van der Waals surface area contributed by atoms with Crippen LogP contribution in [0.2, 0.25) is 0 Å². The topological polar surface area (TPSA) is 110 Å². The van der Waals surface area contributed by atoms with E-state index < -0.39 is 10.0 Å². The number of H-pyrrole nitrogens is 1. The maximum atomic E-state index is 11.9. The lowest BCUT2D eigenvalue weighted by Crippen LogP contribution is -2.28. The lowest BCUT2D eigenvalue weighted by Gasteiger charge is -2.09. The van der Waals surface area contributed by atoms with E-state index in [1.54, 1.807) is 30.5 Å². The molecular weight excluding hydrogens is 292 g/mol. The van der Waals surface area contributed by atoms with Gasteiger partial charge in [0.2, 0.25) is 10.0 Å². The van der Waals surface area contributed by atoms with E-state index in [4.69, 9.17) is 10.5 Å². The summed E-state index contributed by atoms with van der Waals surface area (Å²) < 4.78 is 31.6. The monoisotopic (exact) mass is 310 g/mol. The Morgan fingerprint density at radius 3 is 2.81 bits per heavy atom. The summed E-state index contributed by atoms with van der Waals surface area (Å²) in [4.78, 5) is 0. The van der Waals surface area contributed by atoms with Gasteiger partial charge in [-0.05, 0) is 19.1 Å². The zero-order valence-corrected chi connectivity index (χ0v) is 12.5. The molecule has 0 bridgehead atoms. The number of aryl methyl sites for hydroxylation is 1. The summed E-state index contributed by atoms with van der Waals surface area (Å²) in [6.45, 7) is 2.07. The van der Waals surface area contributed by atoms with Crippen LogP contribution in [0.1, 0.15) is 11.3 Å². The number of nitrogen functional groups attached to an aromatic ring is 1. The predicted octanol–water partition coefficient (Wildman–Crippen LogP) is 0.799. The molecule has 0 aliphatic carbocycles. The number of nitrogens with one attached hydrogen (secondary N) is 2. The molecule has 0 aliphatic rings. The van der Waals surface area contributed by atoms with Crippen LogP contribution in [0.3, 0.4) is 0 Å². The van der Waals surface area contributed by atoms with Crippen LogP contribution in [-0.4, -0.2) is 31.0 Å². The molecule has 2 aromatic rings. The van der Waals surface area contributed by atoms with Crippen molar-refractivity contribution in [2.45, 2.75) is 13.5 Å². The first-order chi connectivity index (χ1) is 9.98. The Kier molecular flexibility index (Phi) is 4.81. The molecule has 0 aliphatic heterocycles. The summed E-state index contributed by atoms with van der Waals surface area (Å²) >= 11 is 0. The summed E-state index contributed by atoms with van der Waals surface area (Å²) in [7, 11) is -3.41. The summed E-state index contributed by atoms with van der Waals surface area (Å²) in [6, 6.07) is 6.96. The molecule has 1 aromatic heterocycles. The molecule has 8 heteroatoms. The van der Waals surface area contributed by atoms with Crippen LogP contribution in [0.5, 0.6) is 5.75 Å². The summed E-state index contributed by atoms with van der Waals surface area (Å²) in [6.07, 6.45) is 1.60. The van der Waals surface area contributed by atoms with Gasteiger partial charge in [0.05, 0.1) is 17.6 Å². The maximum absolute atomic E-state index is 11.9. The third kappa shape index (κ3) is 4.47. The number of anilines is 1. The molecule has 0 saturated carbocycles. The summed E-state index contributed by atoms with van der Waals surface area (Å²) in [5.74, 6) is 0.344. The minimum Gasteiger partial charge on any atom is -0.490 e. The average Bonchev–Trinajstić information content (AvgIpc) is 2.84. The number of nitrogens with two attached hydrogens (primary N) is 1. The summed E-state index contributed by atoms with van der Waals surface area (Å²) in [5.41, 5.74) is 7.84. The van der Waals surface area contributed by atoms with E-state index in [2.05, 4.69) is 14.9 Å². The minimum atomic E-state index is -3.41. The first-order valence-corrected chi connectivity index (χ1v) is 8.06. The zero-order chi connectivity index (χ0) is 15.3. The van der Waals surface area contributed by atoms with Gasteiger partial charge in [0.15, 0.2) is 0 Å². The average molecular weight is 310 g/mol. The SMILES string of the molecule is Cc1[nH]ncc1CNS(=O)(=O)CCOc1ccccc1N. The Bertz CT molecular complexity index is 697. The van der Waals surface area contributed by atoms with Crippen molar-refractivity contribution in [3.63, 3.8) is 0 Å². The lowest BCUT2D eigenvalue weighted by molar-refractivity contribution is 0.342. The number of sulfonamides is 1. The second-order valence-corrected chi connectivity index (χ2v) is 6.47. The molecular formula is C13H18N4O3S. The van der Waals surface area contributed by atoms with Gasteiger partial charge in [-0.3, -0.25) is 5.10 Å². The highest BCUT2D eigenvalue weighted by Gasteiger charge is 2.12. The van der Waals surface area contributed by atoms with E-state index in [0.717, 1.165) is 11.3 Å². The van der Waals surface area contributed by atoms with Crippen LogP contribution in [0.15, 0.2) is 30.5 Å². The van der Waals surface area contributed by atoms with Gasteiger partial charge in [0.1, 0.15) is 12.4 Å². The molecule has 0 saturated heterocycles. The molecule has 0 unspecified atom stereocenters. The molecule has 0 atom stereocenters. The largest absolute Gasteiger partial charge is 0.490 e. The van der Waals surface area contributed by atoms with Crippen molar-refractivity contribution in [2.24, 2.45) is 0 Å². The third-order valence-electron chi connectivity index (χ3n) is 2.95. The Labute approximate surface area is 123 Å². The van der Waals surface area contributed by atoms with Crippen molar-refractivity contribution < 1.29 is 13.2 Å². The first kappa shape index (κ1) is 15.3. The van der Waals surface area contributed by atoms with Crippen LogP contribution in [0, 0.1) is 6.92 Å². The van der Waals surface area contributed by atoms with Gasteiger partial charge in [-0.15, -0.1) is 0 Å². The number of aromatic amines is 1. The molecule has 1 heterocycles. The number of benzene rings is 1. The molecule has 2 rings (SSSR count). The van der Waals surface area contributed by atoms with E-state index in [1.165, 1.54) is 0 Å². The Balaban J connectivity index is 1.82. The van der Waals surface area contributed by atoms with E-state index >= 15 is 0 Å². The molecule has 7 nitrogen and oxygen atoms in total. The Hall–Kier alpha value is -2.06. The van der Waals surface area contributed by atoms with Crippen LogP contribution < -0.4 is 15.2 Å². The van der Waals surface area contributed by atoms with Gasteiger partial charge in [0.25, 0.3) is 0 Å². The van der Waals surface area contributed by atoms with Gasteiger partial charge >= 0.3 is 0 Å². The second-order valence-electron chi connectivity index (χ2n) is 4.55. The number of aromatic nitrogens is 2. The number of rotatable bonds is 7. The molecule has 21 heavy (non-hydrogen) atoms. The van der Waals surface area contributed by atoms with Gasteiger partial charge < -0.3 is 10.5 Å². The van der Waals surface area contributed by atoms with Gasteiger partial charge in [-0.1, -0.05) is 12.1 Å². The molecule has 0 radical (unpaired) electrons. The molecule has 0 spiro atoms. The summed E-state index contributed by atoms with van der Waals surface area (Å²) in [5, 5.41) is 6.59. The molecule has 4 N–H and O–H groups in total. The van der Waals surface area contributed by atoms with Crippen LogP contribution in [0.25, 0.3) is 0 Å². The van der Waals surface area contributed by atoms with Crippen molar-refractivity contribution in [2.75, 3.05) is 18.1 Å². The van der Waals surface area contributed by atoms with E-state index in [1.807, 2.05) is 6.92 Å². The molecule has 0 fully saturated rings. The standard InChI is InChI=1S/C13H18N4O3S/c1-10-11(8-15-17-10)9-16-21(18,19)7-6-20-13-5-3-2-4-12(13)14/h2-5,8,16H,6-7,9,14H2,1H3,(H,15,17). The molecule has 1 aromatic carbocycles. The third-order valence-corrected chi connectivity index (χ3v) is 4.23. The van der Waals surface area contributed by atoms with Crippen molar-refractivity contribution in [1.29, 1.82) is 0 Å². The van der Waals surface area contributed by atoms with Crippen molar-refractivity contribution in [3.8, 4) is 5.75 Å². The Morgan fingerprint density at radius 2 is 2.14 bits per heavy atom.